The molecule has 0 aromatic rings. The summed E-state index contributed by atoms with van der Waals surface area (Å²) in [6.45, 7) is 2.27. The van der Waals surface area contributed by atoms with Gasteiger partial charge >= 0.3 is 5.97 Å². The molecule has 0 aromatic carbocycles. The second-order valence-electron chi connectivity index (χ2n) is 3.94. The summed E-state index contributed by atoms with van der Waals surface area (Å²) in [5.74, 6) is 2.57. The summed E-state index contributed by atoms with van der Waals surface area (Å²) >= 11 is 2.01. The monoisotopic (exact) mass is 201 g/mol. The number of carboxylic acids is 1. The number of hydrogen-bond donors (Lipinski definition) is 1. The average molecular weight is 201 g/mol. The minimum absolute atomic E-state index is 0.345. The van der Waals surface area contributed by atoms with Gasteiger partial charge in [0.2, 0.25) is 0 Å². The molecule has 74 valence electrons. The van der Waals surface area contributed by atoms with Gasteiger partial charge in [0.05, 0.1) is 0 Å². The van der Waals surface area contributed by atoms with Crippen LogP contribution in [0.5, 0.6) is 0 Å². The number of nitrogens with zero attached hydrogens (tertiary/aromatic N) is 1. The third-order valence-electron chi connectivity index (χ3n) is 2.89. The fourth-order valence-corrected chi connectivity index (χ4v) is 2.72. The zero-order valence-corrected chi connectivity index (χ0v) is 8.42. The number of carboxylic acid groups (broad SMARTS) is 1. The Kier molecular flexibility index (Phi) is 2.79. The van der Waals surface area contributed by atoms with Gasteiger partial charge in [-0.2, -0.15) is 11.8 Å². The zero-order valence-electron chi connectivity index (χ0n) is 7.61. The van der Waals surface area contributed by atoms with Crippen molar-refractivity contribution in [2.24, 2.45) is 5.92 Å². The first-order chi connectivity index (χ1) is 6.25. The summed E-state index contributed by atoms with van der Waals surface area (Å²) in [6, 6.07) is 0.811. The molecule has 2 fully saturated rings. The molecule has 0 unspecified atom stereocenters. The van der Waals surface area contributed by atoms with E-state index in [9.17, 15) is 4.79 Å². The van der Waals surface area contributed by atoms with E-state index in [0.717, 1.165) is 25.6 Å². The van der Waals surface area contributed by atoms with Gasteiger partial charge in [0.1, 0.15) is 0 Å². The van der Waals surface area contributed by atoms with Gasteiger partial charge in [-0.25, -0.2) is 0 Å². The molecular weight excluding hydrogens is 186 g/mol. The average Bonchev–Trinajstić information content (AvgIpc) is 1.88. The Morgan fingerprint density at radius 3 is 2.62 bits per heavy atom. The molecule has 2 heterocycles. The van der Waals surface area contributed by atoms with E-state index in [4.69, 9.17) is 5.11 Å². The van der Waals surface area contributed by atoms with Crippen LogP contribution in [0.15, 0.2) is 0 Å². The molecule has 2 saturated heterocycles. The zero-order chi connectivity index (χ0) is 9.26. The largest absolute Gasteiger partial charge is 0.481 e. The summed E-state index contributed by atoms with van der Waals surface area (Å²) in [4.78, 5) is 12.8. The lowest BCUT2D eigenvalue weighted by Crippen LogP contribution is -2.56. The van der Waals surface area contributed by atoms with Crippen molar-refractivity contribution >= 4 is 17.7 Å². The van der Waals surface area contributed by atoms with Crippen LogP contribution < -0.4 is 0 Å². The van der Waals surface area contributed by atoms with Crippen LogP contribution in [0.25, 0.3) is 0 Å². The fraction of sp³-hybridized carbons (Fsp3) is 0.889. The van der Waals surface area contributed by atoms with Crippen molar-refractivity contribution in [1.82, 2.24) is 4.90 Å². The summed E-state index contributed by atoms with van der Waals surface area (Å²) < 4.78 is 0. The highest BCUT2D eigenvalue weighted by Crippen LogP contribution is 2.30. The molecule has 4 heteroatoms. The fourth-order valence-electron chi connectivity index (χ4n) is 1.85. The van der Waals surface area contributed by atoms with Crippen molar-refractivity contribution in [2.75, 3.05) is 24.6 Å². The molecule has 2 aliphatic heterocycles. The number of thioether (sulfide) groups is 1. The van der Waals surface area contributed by atoms with Gasteiger partial charge in [-0.15, -0.1) is 0 Å². The molecule has 2 aliphatic rings. The van der Waals surface area contributed by atoms with Crippen LogP contribution in [0, 0.1) is 5.92 Å². The predicted molar refractivity (Wildman–Crippen MR) is 53.0 cm³/mol. The Morgan fingerprint density at radius 2 is 2.15 bits per heavy atom. The minimum atomic E-state index is -0.655. The van der Waals surface area contributed by atoms with Crippen LogP contribution in [0.1, 0.15) is 12.8 Å². The smallest absolute Gasteiger partial charge is 0.303 e. The first-order valence-corrected chi connectivity index (χ1v) is 5.95. The molecule has 0 atom stereocenters. The topological polar surface area (TPSA) is 40.5 Å². The van der Waals surface area contributed by atoms with Crippen molar-refractivity contribution in [3.05, 3.63) is 0 Å². The molecule has 0 spiro atoms. The molecule has 13 heavy (non-hydrogen) atoms. The Balaban J connectivity index is 1.58. The molecule has 0 amide bonds. The Morgan fingerprint density at radius 1 is 1.46 bits per heavy atom. The molecule has 0 saturated carbocycles. The minimum Gasteiger partial charge on any atom is -0.481 e. The summed E-state index contributed by atoms with van der Waals surface area (Å²) in [6.07, 6.45) is 1.21. The van der Waals surface area contributed by atoms with Gasteiger partial charge in [0, 0.05) is 37.1 Å². The number of aliphatic carboxylic acids is 1. The lowest BCUT2D eigenvalue weighted by atomic mass is 9.93. The third-order valence-corrected chi connectivity index (χ3v) is 4.13. The van der Waals surface area contributed by atoms with E-state index in [0.29, 0.717) is 12.3 Å². The molecule has 1 N–H and O–H groups in total. The molecule has 0 bridgehead atoms. The quantitative estimate of drug-likeness (QED) is 0.733. The van der Waals surface area contributed by atoms with Crippen LogP contribution in [-0.2, 0) is 4.79 Å². The standard InChI is InChI=1S/C9H15NO2S/c11-9(12)2-1-7-3-10(4-7)8-5-13-6-8/h7-8H,1-6H2,(H,11,12). The Bertz CT molecular complexity index is 200. The summed E-state index contributed by atoms with van der Waals surface area (Å²) in [7, 11) is 0. The van der Waals surface area contributed by atoms with Crippen molar-refractivity contribution in [3.8, 4) is 0 Å². The number of carbonyl (C=O) groups is 1. The predicted octanol–water partition coefficient (Wildman–Crippen LogP) is 0.898. The molecule has 0 aromatic heterocycles. The van der Waals surface area contributed by atoms with Crippen LogP contribution in [0.2, 0.25) is 0 Å². The maximum Gasteiger partial charge on any atom is 0.303 e. The van der Waals surface area contributed by atoms with Gasteiger partial charge in [0.25, 0.3) is 0 Å². The van der Waals surface area contributed by atoms with E-state index in [1.807, 2.05) is 11.8 Å². The molecule has 0 aliphatic carbocycles. The van der Waals surface area contributed by atoms with Crippen LogP contribution in [0.4, 0.5) is 0 Å². The van der Waals surface area contributed by atoms with Crippen LogP contribution in [0.3, 0.4) is 0 Å². The second-order valence-corrected chi connectivity index (χ2v) is 5.02. The van der Waals surface area contributed by atoms with Crippen molar-refractivity contribution < 1.29 is 9.90 Å². The molecule has 2 rings (SSSR count). The van der Waals surface area contributed by atoms with Crippen molar-refractivity contribution in [1.29, 1.82) is 0 Å². The maximum absolute atomic E-state index is 10.3. The second kappa shape index (κ2) is 3.88. The lowest BCUT2D eigenvalue weighted by Gasteiger charge is -2.47. The van der Waals surface area contributed by atoms with E-state index in [-0.39, 0.29) is 0 Å². The summed E-state index contributed by atoms with van der Waals surface area (Å²) in [5.41, 5.74) is 0. The Hall–Kier alpha value is -0.220. The number of rotatable bonds is 4. The van der Waals surface area contributed by atoms with Gasteiger partial charge < -0.3 is 5.11 Å². The first-order valence-electron chi connectivity index (χ1n) is 4.79. The molecular formula is C9H15NO2S. The third kappa shape index (κ3) is 2.17. The highest BCUT2D eigenvalue weighted by Gasteiger charge is 2.35. The molecule has 3 nitrogen and oxygen atoms in total. The SMILES string of the molecule is O=C(O)CCC1CN(C2CSC2)C1. The number of likely N-dealkylation sites (tertiary alicyclic amines) is 1. The number of hydrogen-bond acceptors (Lipinski definition) is 3. The van der Waals surface area contributed by atoms with Gasteiger partial charge in [-0.3, -0.25) is 9.69 Å². The van der Waals surface area contributed by atoms with Crippen molar-refractivity contribution in [3.63, 3.8) is 0 Å². The van der Waals surface area contributed by atoms with E-state index in [1.165, 1.54) is 11.5 Å². The van der Waals surface area contributed by atoms with E-state index >= 15 is 0 Å². The van der Waals surface area contributed by atoms with Crippen LogP contribution >= 0.6 is 11.8 Å². The highest BCUT2D eigenvalue weighted by molar-refractivity contribution is 8.00. The van der Waals surface area contributed by atoms with E-state index in [1.54, 1.807) is 0 Å². The Labute approximate surface area is 82.5 Å². The normalized spacial score (nSPS) is 25.2. The van der Waals surface area contributed by atoms with Gasteiger partial charge in [0.15, 0.2) is 0 Å². The van der Waals surface area contributed by atoms with Gasteiger partial charge in [-0.05, 0) is 12.3 Å². The highest BCUT2D eigenvalue weighted by atomic mass is 32.2. The van der Waals surface area contributed by atoms with Crippen LogP contribution in [-0.4, -0.2) is 46.6 Å². The first kappa shape index (κ1) is 9.34. The van der Waals surface area contributed by atoms with Gasteiger partial charge in [-0.1, -0.05) is 0 Å². The molecule has 0 radical (unpaired) electrons. The van der Waals surface area contributed by atoms with Crippen molar-refractivity contribution in [2.45, 2.75) is 18.9 Å². The summed E-state index contributed by atoms with van der Waals surface area (Å²) in [5, 5.41) is 8.50. The van der Waals surface area contributed by atoms with E-state index in [2.05, 4.69) is 4.90 Å². The van der Waals surface area contributed by atoms with E-state index < -0.39 is 5.97 Å². The lowest BCUT2D eigenvalue weighted by molar-refractivity contribution is -0.137. The maximum atomic E-state index is 10.3.